The number of para-hydroxylation sites is 1. The van der Waals surface area contributed by atoms with Crippen molar-refractivity contribution in [1.82, 2.24) is 40.5 Å². The maximum Gasteiger partial charge on any atom is 0.317 e. The average Bonchev–Trinajstić information content (AvgIpc) is 3.71. The first-order valence-corrected chi connectivity index (χ1v) is 24.1. The van der Waals surface area contributed by atoms with E-state index < -0.39 is 41.6 Å². The zero-order valence-corrected chi connectivity index (χ0v) is 39.7. The SMILES string of the molecule is CCC(C)[C@H](NC(=O)[C@@H](CC(C)=O)Cc1c[nH]c2ccccc12)C(=O)C[C@@H](CCC(N)=O)C(=O)NCc1ccc(CNC(=O)CN2CCCN3CCN(CCCN(CC(=O)O)CC3)CC2)cc1. The quantitative estimate of drug-likeness (QED) is 0.0807. The first kappa shape index (κ1) is 52.5. The summed E-state index contributed by atoms with van der Waals surface area (Å²) in [5.74, 6) is -4.59. The standard InChI is InChI=1S/C50H73N9O8/c1-4-35(2)48(55-50(67)40(27-36(3)60)28-41-32-52-43-10-6-5-9-42(41)43)44(61)29-39(15-16-45(51)62)49(66)54-31-38-13-11-37(12-14-38)30-53-46(63)33-58-19-7-17-57-22-21-56(23-25-58)18-8-20-59(26-24-57)34-47(64)65/h5-6,9-14,32,35,39-40,48,52H,4,7-8,15-31,33-34H2,1-3H3,(H2,51,62)(H,53,63)(H,54,66)(H,55,67)(H,64,65)/t35?,39-,40+,48+/m1/s1. The van der Waals surface area contributed by atoms with Gasteiger partial charge in [-0.25, -0.2) is 0 Å². The molecule has 17 nitrogen and oxygen atoms in total. The number of hydrogen-bond donors (Lipinski definition) is 6. The van der Waals surface area contributed by atoms with Crippen molar-refractivity contribution >= 4 is 52.1 Å². The van der Waals surface area contributed by atoms with Crippen LogP contribution in [0.5, 0.6) is 0 Å². The molecule has 0 saturated carbocycles. The van der Waals surface area contributed by atoms with E-state index in [2.05, 4.69) is 35.6 Å². The Morgan fingerprint density at radius 3 is 1.93 bits per heavy atom. The van der Waals surface area contributed by atoms with E-state index in [1.54, 1.807) is 0 Å². The third-order valence-electron chi connectivity index (χ3n) is 13.3. The lowest BCUT2D eigenvalue weighted by molar-refractivity contribution is -0.138. The summed E-state index contributed by atoms with van der Waals surface area (Å²) in [5.41, 5.74) is 8.99. The molecule has 3 aromatic rings. The number of rotatable bonds is 23. The molecular weight excluding hydrogens is 855 g/mol. The second kappa shape index (κ2) is 26.7. The molecule has 0 aliphatic carbocycles. The van der Waals surface area contributed by atoms with E-state index in [0.29, 0.717) is 25.9 Å². The number of aromatic nitrogens is 1. The second-order valence-corrected chi connectivity index (χ2v) is 18.6. The predicted octanol–water partition coefficient (Wildman–Crippen LogP) is 2.71. The number of Topliss-reactive ketones (excluding diaryl/α,β-unsaturated/α-hetero) is 2. The molecule has 2 aliphatic heterocycles. The minimum Gasteiger partial charge on any atom is -0.480 e. The van der Waals surface area contributed by atoms with Crippen molar-refractivity contribution in [2.75, 3.05) is 78.5 Å². The van der Waals surface area contributed by atoms with Gasteiger partial charge in [-0.1, -0.05) is 62.7 Å². The van der Waals surface area contributed by atoms with E-state index in [-0.39, 0.29) is 62.2 Å². The van der Waals surface area contributed by atoms with Crippen LogP contribution in [0.15, 0.2) is 54.7 Å². The first-order valence-electron chi connectivity index (χ1n) is 24.1. The summed E-state index contributed by atoms with van der Waals surface area (Å²) in [6.07, 6.45) is 4.29. The Balaban J connectivity index is 1.12. The van der Waals surface area contributed by atoms with Crippen LogP contribution in [0.25, 0.3) is 10.9 Å². The monoisotopic (exact) mass is 928 g/mol. The maximum absolute atomic E-state index is 14.0. The number of primary amides is 1. The molecule has 6 atom stereocenters. The Morgan fingerprint density at radius 2 is 1.33 bits per heavy atom. The Hall–Kier alpha value is -5.49. The van der Waals surface area contributed by atoms with Gasteiger partial charge >= 0.3 is 5.97 Å². The first-order chi connectivity index (χ1) is 32.2. The highest BCUT2D eigenvalue weighted by atomic mass is 16.4. The molecule has 2 fully saturated rings. The second-order valence-electron chi connectivity index (χ2n) is 18.6. The van der Waals surface area contributed by atoms with Crippen LogP contribution in [-0.2, 0) is 53.1 Å². The fourth-order valence-corrected chi connectivity index (χ4v) is 9.08. The predicted molar refractivity (Wildman–Crippen MR) is 256 cm³/mol. The van der Waals surface area contributed by atoms with Gasteiger partial charge in [-0.05, 0) is 80.9 Å². The third-order valence-corrected chi connectivity index (χ3v) is 13.3. The van der Waals surface area contributed by atoms with Gasteiger partial charge in [-0.2, -0.15) is 0 Å². The van der Waals surface area contributed by atoms with Crippen LogP contribution < -0.4 is 21.7 Å². The maximum atomic E-state index is 14.0. The molecule has 0 spiro atoms. The van der Waals surface area contributed by atoms with E-state index in [0.717, 1.165) is 106 Å². The molecule has 3 heterocycles. The molecule has 7 N–H and O–H groups in total. The number of hydrogen-bond acceptors (Lipinski definition) is 11. The smallest absolute Gasteiger partial charge is 0.317 e. The van der Waals surface area contributed by atoms with Gasteiger partial charge in [0.05, 0.1) is 19.1 Å². The Labute approximate surface area is 394 Å². The number of carbonyl (C=O) groups is 7. The zero-order chi connectivity index (χ0) is 48.3. The number of aliphatic carboxylic acids is 1. The summed E-state index contributed by atoms with van der Waals surface area (Å²) < 4.78 is 0. The number of H-pyrrole nitrogens is 1. The van der Waals surface area contributed by atoms with Gasteiger partial charge in [0, 0.05) is 107 Å². The molecule has 4 amide bonds. The molecule has 1 aromatic heterocycles. The number of aromatic amines is 1. The van der Waals surface area contributed by atoms with Crippen LogP contribution in [-0.4, -0.2) is 155 Å². The minimum atomic E-state index is -0.911. The summed E-state index contributed by atoms with van der Waals surface area (Å²) in [6, 6.07) is 14.3. The topological polar surface area (TPSA) is 231 Å². The molecule has 2 aliphatic rings. The fourth-order valence-electron chi connectivity index (χ4n) is 9.08. The van der Waals surface area contributed by atoms with Crippen molar-refractivity contribution in [3.05, 3.63) is 71.4 Å². The molecule has 3 unspecified atom stereocenters. The highest BCUT2D eigenvalue weighted by Gasteiger charge is 2.33. The van der Waals surface area contributed by atoms with Crippen LogP contribution >= 0.6 is 0 Å². The lowest BCUT2D eigenvalue weighted by Gasteiger charge is -2.35. The van der Waals surface area contributed by atoms with Gasteiger partial charge in [0.1, 0.15) is 5.78 Å². The third kappa shape index (κ3) is 17.6. The Kier molecular flexibility index (Phi) is 20.9. The number of carbonyl (C=O) groups excluding carboxylic acids is 6. The van der Waals surface area contributed by atoms with Crippen LogP contribution in [0.4, 0.5) is 0 Å². The van der Waals surface area contributed by atoms with Gasteiger partial charge in [0.2, 0.25) is 23.6 Å². The summed E-state index contributed by atoms with van der Waals surface area (Å²) >= 11 is 0. The van der Waals surface area contributed by atoms with E-state index in [1.807, 2.05) is 73.5 Å². The lowest BCUT2D eigenvalue weighted by Crippen LogP contribution is -2.49. The molecule has 5 rings (SSSR count). The number of carboxylic acids is 1. The molecule has 17 heteroatoms. The number of amides is 4. The average molecular weight is 928 g/mol. The minimum absolute atomic E-state index is 0.00480. The number of ketones is 2. The molecule has 0 radical (unpaired) electrons. The highest BCUT2D eigenvalue weighted by Crippen LogP contribution is 2.24. The fraction of sp³-hybridized carbons (Fsp3) is 0.580. The van der Waals surface area contributed by atoms with E-state index in [4.69, 9.17) is 5.73 Å². The molecule has 366 valence electrons. The summed E-state index contributed by atoms with van der Waals surface area (Å²) in [5, 5.41) is 19.2. The van der Waals surface area contributed by atoms with Crippen molar-refractivity contribution in [2.45, 2.75) is 91.3 Å². The van der Waals surface area contributed by atoms with E-state index >= 15 is 0 Å². The van der Waals surface area contributed by atoms with Gasteiger partial charge in [0.25, 0.3) is 0 Å². The van der Waals surface area contributed by atoms with Crippen LogP contribution in [0.1, 0.15) is 82.4 Å². The van der Waals surface area contributed by atoms with Gasteiger partial charge in [-0.3, -0.25) is 38.6 Å². The summed E-state index contributed by atoms with van der Waals surface area (Å²) in [7, 11) is 0. The van der Waals surface area contributed by atoms with Crippen molar-refractivity contribution in [3.8, 4) is 0 Å². The van der Waals surface area contributed by atoms with Gasteiger partial charge in [-0.15, -0.1) is 0 Å². The molecule has 2 saturated heterocycles. The molecule has 2 bridgehead atoms. The Bertz CT molecular complexity index is 2130. The van der Waals surface area contributed by atoms with Gasteiger partial charge < -0.3 is 46.4 Å². The lowest BCUT2D eigenvalue weighted by atomic mass is 9.86. The van der Waals surface area contributed by atoms with E-state index in [9.17, 15) is 38.7 Å². The van der Waals surface area contributed by atoms with Crippen molar-refractivity contribution in [3.63, 3.8) is 0 Å². The number of nitrogens with zero attached hydrogens (tertiary/aromatic N) is 4. The number of benzene rings is 2. The largest absolute Gasteiger partial charge is 0.480 e. The number of nitrogens with two attached hydrogens (primary N) is 1. The van der Waals surface area contributed by atoms with Crippen LogP contribution in [0.3, 0.4) is 0 Å². The molecular formula is C50H73N9O8. The summed E-state index contributed by atoms with van der Waals surface area (Å²) in [6.45, 7) is 14.5. The number of fused-ring (bicyclic) bond motifs is 4. The number of nitrogens with one attached hydrogen (secondary N) is 4. The Morgan fingerprint density at radius 1 is 0.731 bits per heavy atom. The summed E-state index contributed by atoms with van der Waals surface area (Å²) in [4.78, 5) is 103. The zero-order valence-electron chi connectivity index (χ0n) is 39.7. The van der Waals surface area contributed by atoms with Crippen molar-refractivity contribution in [1.29, 1.82) is 0 Å². The molecule has 2 aromatic carbocycles. The highest BCUT2D eigenvalue weighted by molar-refractivity contribution is 5.94. The van der Waals surface area contributed by atoms with E-state index in [1.165, 1.54) is 6.92 Å². The number of carboxylic acid groups (broad SMARTS) is 1. The van der Waals surface area contributed by atoms with Gasteiger partial charge in [0.15, 0.2) is 5.78 Å². The normalized spacial score (nSPS) is 19.3. The van der Waals surface area contributed by atoms with Crippen molar-refractivity contribution < 1.29 is 38.7 Å². The van der Waals surface area contributed by atoms with Crippen molar-refractivity contribution in [2.24, 2.45) is 23.5 Å². The molecule has 67 heavy (non-hydrogen) atoms. The van der Waals surface area contributed by atoms with Crippen LogP contribution in [0, 0.1) is 17.8 Å². The van der Waals surface area contributed by atoms with Crippen LogP contribution in [0.2, 0.25) is 0 Å².